The normalized spacial score (nSPS) is 14.4. The summed E-state index contributed by atoms with van der Waals surface area (Å²) in [5.41, 5.74) is 3.03. The van der Waals surface area contributed by atoms with Crippen molar-refractivity contribution >= 4 is 7.60 Å². The van der Waals surface area contributed by atoms with E-state index in [0.29, 0.717) is 26.2 Å². The Bertz CT molecular complexity index is 1010. The van der Waals surface area contributed by atoms with Crippen LogP contribution >= 0.6 is 7.60 Å². The Balaban J connectivity index is 1.80. The van der Waals surface area contributed by atoms with Crippen molar-refractivity contribution in [1.29, 1.82) is 0 Å². The fourth-order valence-corrected chi connectivity index (χ4v) is 4.45. The minimum atomic E-state index is -4.21. The van der Waals surface area contributed by atoms with Crippen molar-refractivity contribution in [1.82, 2.24) is 0 Å². The van der Waals surface area contributed by atoms with E-state index >= 15 is 0 Å². The standard InChI is InChI=1S/C28H35O6P/c1-2-26(32-20-23-12-6-3-7-13-23)28(34-22-25-16-10-5-11-17-25)27(18-19-35(29,30)31)33-21-24-14-8-4-9-15-24/h3-17,26-28H,2,18-22H2,1H3,(H2,29,30,31). The van der Waals surface area contributed by atoms with Gasteiger partial charge in [0, 0.05) is 0 Å². The quantitative estimate of drug-likeness (QED) is 0.261. The van der Waals surface area contributed by atoms with E-state index in [1.807, 2.05) is 97.9 Å². The third-order valence-corrected chi connectivity index (χ3v) is 6.58. The third-order valence-electron chi connectivity index (χ3n) is 5.74. The van der Waals surface area contributed by atoms with Gasteiger partial charge in [-0.2, -0.15) is 0 Å². The van der Waals surface area contributed by atoms with Crippen LogP contribution in [-0.4, -0.2) is 34.3 Å². The van der Waals surface area contributed by atoms with Crippen LogP contribution in [-0.2, 0) is 38.6 Å². The second-order valence-electron chi connectivity index (χ2n) is 8.52. The molecular weight excluding hydrogens is 463 g/mol. The summed E-state index contributed by atoms with van der Waals surface area (Å²) < 4.78 is 30.7. The lowest BCUT2D eigenvalue weighted by Gasteiger charge is -2.33. The maximum absolute atomic E-state index is 11.7. The Morgan fingerprint density at radius 3 is 1.46 bits per heavy atom. The van der Waals surface area contributed by atoms with Crippen LogP contribution in [0.15, 0.2) is 91.0 Å². The second kappa shape index (κ2) is 14.3. The molecule has 0 heterocycles. The van der Waals surface area contributed by atoms with E-state index in [2.05, 4.69) is 0 Å². The van der Waals surface area contributed by atoms with Gasteiger partial charge in [0.15, 0.2) is 0 Å². The zero-order valence-corrected chi connectivity index (χ0v) is 21.0. The minimum Gasteiger partial charge on any atom is -0.371 e. The van der Waals surface area contributed by atoms with Gasteiger partial charge in [-0.15, -0.1) is 0 Å². The average molecular weight is 499 g/mol. The molecule has 3 aromatic carbocycles. The van der Waals surface area contributed by atoms with Gasteiger partial charge in [-0.25, -0.2) is 0 Å². The molecule has 35 heavy (non-hydrogen) atoms. The van der Waals surface area contributed by atoms with E-state index in [-0.39, 0.29) is 18.7 Å². The van der Waals surface area contributed by atoms with Crippen LogP contribution < -0.4 is 0 Å². The van der Waals surface area contributed by atoms with Gasteiger partial charge >= 0.3 is 7.60 Å². The molecule has 0 saturated carbocycles. The smallest absolute Gasteiger partial charge is 0.325 e. The van der Waals surface area contributed by atoms with E-state index < -0.39 is 19.8 Å². The molecule has 0 amide bonds. The maximum Gasteiger partial charge on any atom is 0.325 e. The molecule has 0 radical (unpaired) electrons. The monoisotopic (exact) mass is 498 g/mol. The van der Waals surface area contributed by atoms with Crippen molar-refractivity contribution in [3.8, 4) is 0 Å². The first kappa shape index (κ1) is 27.3. The lowest BCUT2D eigenvalue weighted by molar-refractivity contribution is -0.152. The van der Waals surface area contributed by atoms with Crippen molar-refractivity contribution in [2.24, 2.45) is 0 Å². The molecule has 3 rings (SSSR count). The van der Waals surface area contributed by atoms with Crippen molar-refractivity contribution in [2.45, 2.75) is 57.9 Å². The number of benzene rings is 3. The predicted molar refractivity (Wildman–Crippen MR) is 137 cm³/mol. The average Bonchev–Trinajstić information content (AvgIpc) is 2.88. The molecule has 0 saturated heterocycles. The van der Waals surface area contributed by atoms with Crippen LogP contribution in [0.4, 0.5) is 0 Å². The summed E-state index contributed by atoms with van der Waals surface area (Å²) in [6, 6.07) is 29.5. The first-order valence-corrected chi connectivity index (χ1v) is 13.8. The molecule has 0 aromatic heterocycles. The summed E-state index contributed by atoms with van der Waals surface area (Å²) in [6.07, 6.45) is -0.870. The zero-order chi connectivity index (χ0) is 24.9. The fraction of sp³-hybridized carbons (Fsp3) is 0.357. The zero-order valence-electron chi connectivity index (χ0n) is 20.1. The molecule has 0 spiro atoms. The largest absolute Gasteiger partial charge is 0.371 e. The van der Waals surface area contributed by atoms with Crippen molar-refractivity contribution in [2.75, 3.05) is 6.16 Å². The first-order valence-electron chi connectivity index (χ1n) is 12.0. The van der Waals surface area contributed by atoms with Gasteiger partial charge in [0.25, 0.3) is 0 Å². The Kier molecular flexibility index (Phi) is 11.1. The van der Waals surface area contributed by atoms with Crippen LogP contribution in [0.5, 0.6) is 0 Å². The van der Waals surface area contributed by atoms with E-state index in [0.717, 1.165) is 16.7 Å². The van der Waals surface area contributed by atoms with E-state index in [9.17, 15) is 14.4 Å². The predicted octanol–water partition coefficient (Wildman–Crippen LogP) is 5.72. The van der Waals surface area contributed by atoms with Crippen molar-refractivity contribution < 1.29 is 28.6 Å². The van der Waals surface area contributed by atoms with E-state index in [1.165, 1.54) is 0 Å². The van der Waals surface area contributed by atoms with Gasteiger partial charge in [-0.3, -0.25) is 4.57 Å². The van der Waals surface area contributed by atoms with Crippen LogP contribution in [0.2, 0.25) is 0 Å². The summed E-state index contributed by atoms with van der Waals surface area (Å²) in [5.74, 6) is 0. The van der Waals surface area contributed by atoms with E-state index in [4.69, 9.17) is 14.2 Å². The summed E-state index contributed by atoms with van der Waals surface area (Å²) in [7, 11) is -4.21. The Morgan fingerprint density at radius 1 is 0.657 bits per heavy atom. The van der Waals surface area contributed by atoms with Crippen molar-refractivity contribution in [3.05, 3.63) is 108 Å². The van der Waals surface area contributed by atoms with Crippen LogP contribution in [0.25, 0.3) is 0 Å². The fourth-order valence-electron chi connectivity index (χ4n) is 3.86. The molecule has 7 heteroatoms. The molecule has 188 valence electrons. The summed E-state index contributed by atoms with van der Waals surface area (Å²) in [6.45, 7) is 3.09. The Labute approximate surface area is 208 Å². The second-order valence-corrected chi connectivity index (χ2v) is 10.3. The lowest BCUT2D eigenvalue weighted by Crippen LogP contribution is -2.43. The first-order chi connectivity index (χ1) is 16.9. The van der Waals surface area contributed by atoms with Crippen LogP contribution in [0.3, 0.4) is 0 Å². The summed E-state index contributed by atoms with van der Waals surface area (Å²) in [4.78, 5) is 19.1. The molecule has 0 aliphatic rings. The highest BCUT2D eigenvalue weighted by atomic mass is 31.2. The van der Waals surface area contributed by atoms with Gasteiger partial charge in [-0.1, -0.05) is 97.9 Å². The van der Waals surface area contributed by atoms with E-state index in [1.54, 1.807) is 0 Å². The Morgan fingerprint density at radius 2 is 1.06 bits per heavy atom. The number of hydrogen-bond donors (Lipinski definition) is 2. The molecule has 0 bridgehead atoms. The molecular formula is C28H35O6P. The molecule has 3 atom stereocenters. The SMILES string of the molecule is CCC(OCc1ccccc1)C(OCc1ccccc1)C(CCP(=O)(O)O)OCc1ccccc1. The van der Waals surface area contributed by atoms with Gasteiger partial charge in [0.1, 0.15) is 6.10 Å². The highest BCUT2D eigenvalue weighted by Gasteiger charge is 2.33. The highest BCUT2D eigenvalue weighted by molar-refractivity contribution is 7.51. The van der Waals surface area contributed by atoms with Crippen molar-refractivity contribution in [3.63, 3.8) is 0 Å². The molecule has 0 aliphatic carbocycles. The molecule has 0 aliphatic heterocycles. The molecule has 3 aromatic rings. The minimum absolute atomic E-state index is 0.155. The third kappa shape index (κ3) is 10.1. The van der Waals surface area contributed by atoms with Crippen LogP contribution in [0.1, 0.15) is 36.5 Å². The molecule has 2 N–H and O–H groups in total. The molecule has 6 nitrogen and oxygen atoms in total. The maximum atomic E-state index is 11.7. The Hall–Kier alpha value is -2.31. The van der Waals surface area contributed by atoms with Gasteiger partial charge < -0.3 is 24.0 Å². The summed E-state index contributed by atoms with van der Waals surface area (Å²) in [5, 5.41) is 0. The molecule has 0 fully saturated rings. The number of rotatable bonds is 15. The molecule has 3 unspecified atom stereocenters. The summed E-state index contributed by atoms with van der Waals surface area (Å²) >= 11 is 0. The highest BCUT2D eigenvalue weighted by Crippen LogP contribution is 2.37. The number of ether oxygens (including phenoxy) is 3. The topological polar surface area (TPSA) is 85.2 Å². The van der Waals surface area contributed by atoms with Gasteiger partial charge in [0.2, 0.25) is 0 Å². The number of hydrogen-bond acceptors (Lipinski definition) is 4. The van der Waals surface area contributed by atoms with Gasteiger partial charge in [-0.05, 0) is 29.5 Å². The lowest BCUT2D eigenvalue weighted by atomic mass is 10.0. The van der Waals surface area contributed by atoms with Crippen LogP contribution in [0, 0.1) is 0 Å². The van der Waals surface area contributed by atoms with Gasteiger partial charge in [0.05, 0.1) is 38.2 Å².